The molecule has 0 saturated carbocycles. The Balaban J connectivity index is 1.23. The molecule has 0 aliphatic carbocycles. The molecule has 4 heterocycles. The van der Waals surface area contributed by atoms with Crippen LogP contribution in [0.15, 0.2) is 42.6 Å². The lowest BCUT2D eigenvalue weighted by Gasteiger charge is -2.40. The maximum Gasteiger partial charge on any atom is 0.494 e. The van der Waals surface area contributed by atoms with Gasteiger partial charge in [0, 0.05) is 37.6 Å². The summed E-state index contributed by atoms with van der Waals surface area (Å²) in [7, 11) is 1.34. The Labute approximate surface area is 208 Å². The number of aromatic nitrogens is 4. The van der Waals surface area contributed by atoms with Crippen molar-refractivity contribution in [1.29, 1.82) is 0 Å². The fourth-order valence-corrected chi connectivity index (χ4v) is 4.03. The van der Waals surface area contributed by atoms with Gasteiger partial charge in [-0.1, -0.05) is 12.1 Å². The molecule has 8 nitrogen and oxygen atoms in total. The van der Waals surface area contributed by atoms with Crippen LogP contribution in [0.5, 0.6) is 0 Å². The molecular formula is C24H28BF3N6O2. The van der Waals surface area contributed by atoms with Gasteiger partial charge in [0.05, 0.1) is 17.1 Å². The first-order valence-corrected chi connectivity index (χ1v) is 11.7. The first-order chi connectivity index (χ1) is 16.8. The van der Waals surface area contributed by atoms with Crippen LogP contribution in [0.4, 0.5) is 30.6 Å². The Hall–Kier alpha value is -3.12. The van der Waals surface area contributed by atoms with E-state index in [9.17, 15) is 13.2 Å². The Morgan fingerprint density at radius 3 is 2.19 bits per heavy atom. The molecule has 190 valence electrons. The van der Waals surface area contributed by atoms with Gasteiger partial charge in [-0.15, -0.1) is 5.10 Å². The minimum absolute atomic E-state index is 0.0704. The first kappa shape index (κ1) is 24.6. The van der Waals surface area contributed by atoms with Crippen LogP contribution in [0.2, 0.25) is 0 Å². The summed E-state index contributed by atoms with van der Waals surface area (Å²) in [5.74, 6) is 0.213. The molecule has 2 saturated heterocycles. The van der Waals surface area contributed by atoms with Gasteiger partial charge in [-0.05, 0) is 57.4 Å². The Bertz CT molecular complexity index is 1220. The second-order valence-corrected chi connectivity index (χ2v) is 10.3. The second kappa shape index (κ2) is 8.48. The molecule has 0 atom stereocenters. The van der Waals surface area contributed by atoms with Crippen molar-refractivity contribution in [2.45, 2.75) is 45.1 Å². The third-order valence-corrected chi connectivity index (χ3v) is 7.13. The summed E-state index contributed by atoms with van der Waals surface area (Å²) in [6, 6.07) is 11.2. The van der Waals surface area contributed by atoms with Gasteiger partial charge in [0.15, 0.2) is 5.82 Å². The number of rotatable bonds is 5. The number of nitrogens with one attached hydrogen (secondary N) is 1. The number of anilines is 3. The standard InChI is InChI=1S/C24H28BF3N6O2/c1-22(2)23(3,4)36-25(35-22)17-7-9-18(10-8-17)30-21-31-20(32-33(21)5)15-6-11-19(29-12-15)34-13-16(14-34)24(26,27)28/h6-12,16H,13-14H2,1-5H3,(H,30,31,32). The summed E-state index contributed by atoms with van der Waals surface area (Å²) >= 11 is 0. The largest absolute Gasteiger partial charge is 0.494 e. The van der Waals surface area contributed by atoms with E-state index in [0.29, 0.717) is 23.2 Å². The molecule has 1 aromatic carbocycles. The highest BCUT2D eigenvalue weighted by atomic mass is 19.4. The highest BCUT2D eigenvalue weighted by molar-refractivity contribution is 6.62. The average Bonchev–Trinajstić information content (AvgIpc) is 3.22. The summed E-state index contributed by atoms with van der Waals surface area (Å²) in [6.45, 7) is 7.94. The molecule has 1 N–H and O–H groups in total. The first-order valence-electron chi connectivity index (χ1n) is 11.7. The minimum atomic E-state index is -4.16. The molecule has 0 radical (unpaired) electrons. The molecule has 2 fully saturated rings. The normalized spacial score (nSPS) is 19.4. The van der Waals surface area contributed by atoms with Crippen molar-refractivity contribution in [3.8, 4) is 11.4 Å². The van der Waals surface area contributed by atoms with E-state index in [0.717, 1.165) is 11.2 Å². The number of aryl methyl sites for hydroxylation is 1. The number of halogens is 3. The third-order valence-electron chi connectivity index (χ3n) is 7.13. The molecule has 0 spiro atoms. The van der Waals surface area contributed by atoms with E-state index in [2.05, 4.69) is 20.4 Å². The molecule has 3 aromatic rings. The second-order valence-electron chi connectivity index (χ2n) is 10.3. The zero-order valence-electron chi connectivity index (χ0n) is 20.8. The summed E-state index contributed by atoms with van der Waals surface area (Å²) in [5.41, 5.74) is 1.61. The monoisotopic (exact) mass is 500 g/mol. The Kier molecular flexibility index (Phi) is 5.79. The quantitative estimate of drug-likeness (QED) is 0.533. The number of hydrogen-bond acceptors (Lipinski definition) is 7. The molecule has 12 heteroatoms. The molecular weight excluding hydrogens is 472 g/mol. The zero-order valence-corrected chi connectivity index (χ0v) is 20.8. The number of nitrogens with zero attached hydrogens (tertiary/aromatic N) is 5. The topological polar surface area (TPSA) is 77.3 Å². The lowest BCUT2D eigenvalue weighted by molar-refractivity contribution is -0.180. The molecule has 2 aliphatic heterocycles. The van der Waals surface area contributed by atoms with Crippen LogP contribution in [0, 0.1) is 5.92 Å². The number of pyridine rings is 1. The van der Waals surface area contributed by atoms with E-state index in [1.54, 1.807) is 35.0 Å². The molecule has 2 aromatic heterocycles. The van der Waals surface area contributed by atoms with E-state index in [1.807, 2.05) is 52.0 Å². The predicted molar refractivity (Wildman–Crippen MR) is 131 cm³/mol. The van der Waals surface area contributed by atoms with Crippen molar-refractivity contribution in [2.24, 2.45) is 13.0 Å². The smallest absolute Gasteiger partial charge is 0.399 e. The predicted octanol–water partition coefficient (Wildman–Crippen LogP) is 3.92. The van der Waals surface area contributed by atoms with Crippen LogP contribution in [-0.2, 0) is 16.4 Å². The molecule has 0 bridgehead atoms. The molecule has 0 unspecified atom stereocenters. The summed E-state index contributed by atoms with van der Waals surface area (Å²) in [4.78, 5) is 10.5. The van der Waals surface area contributed by atoms with Gasteiger partial charge in [0.1, 0.15) is 5.82 Å². The van der Waals surface area contributed by atoms with Crippen LogP contribution < -0.4 is 15.7 Å². The van der Waals surface area contributed by atoms with Gasteiger partial charge in [-0.25, -0.2) is 9.67 Å². The lowest BCUT2D eigenvalue weighted by atomic mass is 9.79. The van der Waals surface area contributed by atoms with Crippen LogP contribution in [-0.4, -0.2) is 57.3 Å². The van der Waals surface area contributed by atoms with Crippen molar-refractivity contribution in [2.75, 3.05) is 23.3 Å². The number of hydrogen-bond donors (Lipinski definition) is 1. The van der Waals surface area contributed by atoms with Crippen LogP contribution in [0.3, 0.4) is 0 Å². The summed E-state index contributed by atoms with van der Waals surface area (Å²) in [6.07, 6.45) is -2.58. The van der Waals surface area contributed by atoms with Gasteiger partial charge < -0.3 is 19.5 Å². The highest BCUT2D eigenvalue weighted by Gasteiger charge is 2.51. The molecule has 0 amide bonds. The van der Waals surface area contributed by atoms with Crippen molar-refractivity contribution < 1.29 is 22.5 Å². The van der Waals surface area contributed by atoms with Crippen LogP contribution in [0.1, 0.15) is 27.7 Å². The van der Waals surface area contributed by atoms with Crippen LogP contribution >= 0.6 is 0 Å². The lowest BCUT2D eigenvalue weighted by Crippen LogP contribution is -2.53. The molecule has 5 rings (SSSR count). The van der Waals surface area contributed by atoms with Gasteiger partial charge >= 0.3 is 13.3 Å². The molecule has 2 aliphatic rings. The van der Waals surface area contributed by atoms with E-state index >= 15 is 0 Å². The maximum absolute atomic E-state index is 12.7. The zero-order chi connectivity index (χ0) is 25.9. The van der Waals surface area contributed by atoms with Crippen molar-refractivity contribution >= 4 is 30.0 Å². The van der Waals surface area contributed by atoms with E-state index in [-0.39, 0.29) is 13.1 Å². The summed E-state index contributed by atoms with van der Waals surface area (Å²) in [5, 5.41) is 7.70. The Morgan fingerprint density at radius 1 is 1.00 bits per heavy atom. The number of alkyl halides is 3. The van der Waals surface area contributed by atoms with Crippen molar-refractivity contribution in [1.82, 2.24) is 19.7 Å². The van der Waals surface area contributed by atoms with Crippen molar-refractivity contribution in [3.63, 3.8) is 0 Å². The van der Waals surface area contributed by atoms with Crippen molar-refractivity contribution in [3.05, 3.63) is 42.6 Å². The van der Waals surface area contributed by atoms with E-state index in [4.69, 9.17) is 9.31 Å². The van der Waals surface area contributed by atoms with Crippen LogP contribution in [0.25, 0.3) is 11.4 Å². The maximum atomic E-state index is 12.7. The SMILES string of the molecule is Cn1nc(-c2ccc(N3CC(C(F)(F)F)C3)nc2)nc1Nc1ccc(B2OC(C)(C)C(C)(C)O2)cc1. The summed E-state index contributed by atoms with van der Waals surface area (Å²) < 4.78 is 52.0. The van der Waals surface area contributed by atoms with Gasteiger partial charge in [-0.3, -0.25) is 0 Å². The fraction of sp³-hybridized carbons (Fsp3) is 0.458. The fourth-order valence-electron chi connectivity index (χ4n) is 4.03. The minimum Gasteiger partial charge on any atom is -0.399 e. The van der Waals surface area contributed by atoms with Gasteiger partial charge in [-0.2, -0.15) is 18.2 Å². The van der Waals surface area contributed by atoms with Gasteiger partial charge in [0.25, 0.3) is 0 Å². The van der Waals surface area contributed by atoms with Gasteiger partial charge in [0.2, 0.25) is 5.95 Å². The van der Waals surface area contributed by atoms with E-state index in [1.165, 1.54) is 0 Å². The third kappa shape index (κ3) is 4.55. The average molecular weight is 500 g/mol. The Morgan fingerprint density at radius 2 is 1.64 bits per heavy atom. The van der Waals surface area contributed by atoms with E-state index < -0.39 is 30.4 Å². The highest BCUT2D eigenvalue weighted by Crippen LogP contribution is 2.37. The molecule has 36 heavy (non-hydrogen) atoms. The number of benzene rings is 1.